The van der Waals surface area contributed by atoms with E-state index >= 15 is 0 Å². The maximum absolute atomic E-state index is 12.1. The number of benzene rings is 2. The molecule has 0 aliphatic heterocycles. The normalized spacial score (nSPS) is 10.3. The van der Waals surface area contributed by atoms with Crippen LogP contribution in [0.5, 0.6) is 0 Å². The zero-order valence-corrected chi connectivity index (χ0v) is 12.4. The number of amides is 1. The van der Waals surface area contributed by atoms with Crippen molar-refractivity contribution in [1.82, 2.24) is 0 Å². The fraction of sp³-hybridized carbons (Fsp3) is 0. The van der Waals surface area contributed by atoms with Gasteiger partial charge < -0.3 is 16.8 Å². The molecular weight excluding hydrogens is 321 g/mol. The Morgan fingerprint density at radius 2 is 1.60 bits per heavy atom. The number of carbonyl (C=O) groups excluding carboxylic acids is 1. The van der Waals surface area contributed by atoms with Crippen LogP contribution in [0.15, 0.2) is 30.3 Å². The SMILES string of the molecule is Nc1ccc(C(=O)Nc2cc(Cl)c(Cl)cc2Cl)c(N)c1. The van der Waals surface area contributed by atoms with Crippen molar-refractivity contribution in [3.8, 4) is 0 Å². The van der Waals surface area contributed by atoms with Crippen LogP contribution in [0.4, 0.5) is 17.1 Å². The van der Waals surface area contributed by atoms with E-state index in [1.54, 1.807) is 6.07 Å². The van der Waals surface area contributed by atoms with Gasteiger partial charge in [0.05, 0.1) is 26.3 Å². The zero-order chi connectivity index (χ0) is 14.9. The van der Waals surface area contributed by atoms with E-state index in [-0.39, 0.29) is 15.7 Å². The molecule has 0 bridgehead atoms. The molecule has 0 radical (unpaired) electrons. The van der Waals surface area contributed by atoms with Crippen molar-refractivity contribution in [3.05, 3.63) is 51.0 Å². The van der Waals surface area contributed by atoms with E-state index in [2.05, 4.69) is 5.32 Å². The van der Waals surface area contributed by atoms with Crippen LogP contribution in [0.1, 0.15) is 10.4 Å². The summed E-state index contributed by atoms with van der Waals surface area (Å²) < 4.78 is 0. The Hall–Kier alpha value is -1.62. The molecule has 2 aromatic rings. The molecule has 0 heterocycles. The molecule has 0 aliphatic carbocycles. The molecule has 0 aromatic heterocycles. The second-order valence-corrected chi connectivity index (χ2v) is 5.27. The Labute approximate surface area is 130 Å². The lowest BCUT2D eigenvalue weighted by molar-refractivity contribution is 0.102. The first-order chi connectivity index (χ1) is 9.38. The third kappa shape index (κ3) is 3.10. The summed E-state index contributed by atoms with van der Waals surface area (Å²) in [6, 6.07) is 7.55. The smallest absolute Gasteiger partial charge is 0.257 e. The van der Waals surface area contributed by atoms with Gasteiger partial charge in [-0.05, 0) is 30.3 Å². The van der Waals surface area contributed by atoms with E-state index in [9.17, 15) is 4.79 Å². The van der Waals surface area contributed by atoms with Gasteiger partial charge in [-0.3, -0.25) is 4.79 Å². The van der Waals surface area contributed by atoms with E-state index < -0.39 is 5.91 Å². The summed E-state index contributed by atoms with van der Waals surface area (Å²) in [6.45, 7) is 0. The van der Waals surface area contributed by atoms with Gasteiger partial charge in [-0.1, -0.05) is 34.8 Å². The number of nitrogens with one attached hydrogen (secondary N) is 1. The van der Waals surface area contributed by atoms with Gasteiger partial charge >= 0.3 is 0 Å². The number of nitrogen functional groups attached to an aromatic ring is 2. The fourth-order valence-electron chi connectivity index (χ4n) is 1.60. The highest BCUT2D eigenvalue weighted by atomic mass is 35.5. The summed E-state index contributed by atoms with van der Waals surface area (Å²) in [4.78, 5) is 12.1. The molecule has 5 N–H and O–H groups in total. The van der Waals surface area contributed by atoms with Crippen LogP contribution in [0, 0.1) is 0 Å². The molecule has 0 atom stereocenters. The van der Waals surface area contributed by atoms with E-state index in [0.29, 0.717) is 22.0 Å². The number of anilines is 3. The lowest BCUT2D eigenvalue weighted by Crippen LogP contribution is -2.14. The number of rotatable bonds is 2. The lowest BCUT2D eigenvalue weighted by atomic mass is 10.1. The minimum atomic E-state index is -0.414. The van der Waals surface area contributed by atoms with Crippen LogP contribution in [0.2, 0.25) is 15.1 Å². The molecule has 20 heavy (non-hydrogen) atoms. The van der Waals surface area contributed by atoms with Crippen LogP contribution in [0.3, 0.4) is 0 Å². The molecule has 4 nitrogen and oxygen atoms in total. The Balaban J connectivity index is 2.30. The first-order valence-corrected chi connectivity index (χ1v) is 6.63. The van der Waals surface area contributed by atoms with Crippen molar-refractivity contribution in [2.24, 2.45) is 0 Å². The third-order valence-corrected chi connectivity index (χ3v) is 3.61. The van der Waals surface area contributed by atoms with Crippen molar-refractivity contribution in [2.45, 2.75) is 0 Å². The number of carbonyl (C=O) groups is 1. The van der Waals surface area contributed by atoms with Crippen molar-refractivity contribution in [2.75, 3.05) is 16.8 Å². The summed E-state index contributed by atoms with van der Waals surface area (Å²) in [7, 11) is 0. The average molecular weight is 331 g/mol. The highest BCUT2D eigenvalue weighted by molar-refractivity contribution is 6.44. The second kappa shape index (κ2) is 5.79. The number of hydrogen-bond donors (Lipinski definition) is 3. The summed E-state index contributed by atoms with van der Waals surface area (Å²) >= 11 is 17.7. The van der Waals surface area contributed by atoms with Crippen molar-refractivity contribution in [1.29, 1.82) is 0 Å². The standard InChI is InChI=1S/C13H10Cl3N3O/c14-8-4-10(16)12(5-9(8)15)19-13(20)7-2-1-6(17)3-11(7)18/h1-5H,17-18H2,(H,19,20). The number of hydrogen-bond acceptors (Lipinski definition) is 3. The molecule has 0 unspecified atom stereocenters. The first-order valence-electron chi connectivity index (χ1n) is 5.49. The highest BCUT2D eigenvalue weighted by Crippen LogP contribution is 2.32. The quantitative estimate of drug-likeness (QED) is 0.573. The largest absolute Gasteiger partial charge is 0.399 e. The van der Waals surface area contributed by atoms with E-state index in [1.807, 2.05) is 0 Å². The monoisotopic (exact) mass is 329 g/mol. The summed E-state index contributed by atoms with van der Waals surface area (Å²) in [5, 5.41) is 3.50. The Bertz CT molecular complexity index is 689. The van der Waals surface area contributed by atoms with Gasteiger partial charge in [0.15, 0.2) is 0 Å². The van der Waals surface area contributed by atoms with E-state index in [1.165, 1.54) is 24.3 Å². The topological polar surface area (TPSA) is 81.1 Å². The summed E-state index contributed by atoms with van der Waals surface area (Å²) in [6.07, 6.45) is 0. The molecule has 1 amide bonds. The molecule has 0 aliphatic rings. The number of halogens is 3. The van der Waals surface area contributed by atoms with Gasteiger partial charge in [0.2, 0.25) is 0 Å². The first kappa shape index (κ1) is 14.8. The van der Waals surface area contributed by atoms with Gasteiger partial charge in [-0.15, -0.1) is 0 Å². The molecule has 0 fully saturated rings. The van der Waals surface area contributed by atoms with Crippen LogP contribution >= 0.6 is 34.8 Å². The van der Waals surface area contributed by atoms with Crippen molar-refractivity contribution in [3.63, 3.8) is 0 Å². The van der Waals surface area contributed by atoms with E-state index in [4.69, 9.17) is 46.3 Å². The van der Waals surface area contributed by atoms with Crippen LogP contribution < -0.4 is 16.8 Å². The molecule has 7 heteroatoms. The van der Waals surface area contributed by atoms with Gasteiger partial charge in [0.25, 0.3) is 5.91 Å². The van der Waals surface area contributed by atoms with Gasteiger partial charge in [0, 0.05) is 11.4 Å². The molecule has 2 aromatic carbocycles. The third-order valence-electron chi connectivity index (χ3n) is 2.58. The maximum atomic E-state index is 12.1. The highest BCUT2D eigenvalue weighted by Gasteiger charge is 2.13. The molecule has 2 rings (SSSR count). The Morgan fingerprint density at radius 3 is 2.25 bits per heavy atom. The average Bonchev–Trinajstić information content (AvgIpc) is 2.35. The van der Waals surface area contributed by atoms with E-state index in [0.717, 1.165) is 0 Å². The van der Waals surface area contributed by atoms with Gasteiger partial charge in [-0.2, -0.15) is 0 Å². The Kier molecular flexibility index (Phi) is 4.28. The van der Waals surface area contributed by atoms with Gasteiger partial charge in [0.1, 0.15) is 0 Å². The zero-order valence-electron chi connectivity index (χ0n) is 10.1. The Morgan fingerprint density at radius 1 is 0.950 bits per heavy atom. The predicted octanol–water partition coefficient (Wildman–Crippen LogP) is 4.06. The molecular formula is C13H10Cl3N3O. The summed E-state index contributed by atoms with van der Waals surface area (Å²) in [5.41, 5.74) is 12.7. The predicted molar refractivity (Wildman–Crippen MR) is 84.7 cm³/mol. The fourth-order valence-corrected chi connectivity index (χ4v) is 2.19. The van der Waals surface area contributed by atoms with Crippen LogP contribution in [-0.2, 0) is 0 Å². The minimum Gasteiger partial charge on any atom is -0.399 e. The molecule has 0 saturated heterocycles. The molecule has 104 valence electrons. The van der Waals surface area contributed by atoms with Crippen LogP contribution in [0.25, 0.3) is 0 Å². The lowest BCUT2D eigenvalue weighted by Gasteiger charge is -2.10. The van der Waals surface area contributed by atoms with Crippen molar-refractivity contribution >= 4 is 57.8 Å². The summed E-state index contributed by atoms with van der Waals surface area (Å²) in [5.74, 6) is -0.414. The second-order valence-electron chi connectivity index (χ2n) is 4.05. The minimum absolute atomic E-state index is 0.277. The number of nitrogens with two attached hydrogens (primary N) is 2. The maximum Gasteiger partial charge on any atom is 0.257 e. The molecule has 0 saturated carbocycles. The van der Waals surface area contributed by atoms with Crippen molar-refractivity contribution < 1.29 is 4.79 Å². The van der Waals surface area contributed by atoms with Crippen LogP contribution in [-0.4, -0.2) is 5.91 Å². The van der Waals surface area contributed by atoms with Gasteiger partial charge in [-0.25, -0.2) is 0 Å². The molecule has 0 spiro atoms.